The lowest BCUT2D eigenvalue weighted by Gasteiger charge is -2.42. The van der Waals surface area contributed by atoms with Gasteiger partial charge in [-0.05, 0) is 24.8 Å². The van der Waals surface area contributed by atoms with Crippen LogP contribution in [0.25, 0.3) is 0 Å². The highest BCUT2D eigenvalue weighted by Gasteiger charge is 2.51. The van der Waals surface area contributed by atoms with Crippen molar-refractivity contribution in [2.75, 3.05) is 6.54 Å². The van der Waals surface area contributed by atoms with Crippen molar-refractivity contribution >= 4 is 23.4 Å². The van der Waals surface area contributed by atoms with Crippen molar-refractivity contribution in [3.8, 4) is 0 Å². The van der Waals surface area contributed by atoms with Crippen molar-refractivity contribution in [1.82, 2.24) is 10.6 Å². The van der Waals surface area contributed by atoms with Gasteiger partial charge in [-0.15, -0.1) is 0 Å². The van der Waals surface area contributed by atoms with Crippen LogP contribution >= 0.6 is 11.6 Å². The van der Waals surface area contributed by atoms with E-state index in [-0.39, 0.29) is 37.3 Å². The van der Waals surface area contributed by atoms with Crippen LogP contribution in [0.4, 0.5) is 22.0 Å². The maximum atomic E-state index is 14.4. The van der Waals surface area contributed by atoms with Crippen LogP contribution in [0.15, 0.2) is 12.1 Å². The highest BCUT2D eigenvalue weighted by molar-refractivity contribution is 6.31. The molecule has 2 atom stereocenters. The normalized spacial score (nSPS) is 26.3. The molecule has 0 unspecified atom stereocenters. The van der Waals surface area contributed by atoms with Crippen LogP contribution in [0.2, 0.25) is 5.02 Å². The fourth-order valence-electron chi connectivity index (χ4n) is 3.49. The smallest absolute Gasteiger partial charge is 0.355 e. The Balaban J connectivity index is 1.83. The van der Waals surface area contributed by atoms with Gasteiger partial charge in [0.05, 0.1) is 17.9 Å². The topological polar surface area (TPSA) is 58.2 Å². The predicted octanol–water partition coefficient (Wildman–Crippen LogP) is 3.50. The van der Waals surface area contributed by atoms with E-state index in [1.165, 1.54) is 0 Å². The van der Waals surface area contributed by atoms with Gasteiger partial charge in [0.15, 0.2) is 0 Å². The zero-order chi connectivity index (χ0) is 19.9. The minimum atomic E-state index is -4.37. The molecule has 0 aromatic heterocycles. The minimum absolute atomic E-state index is 0.0545. The summed E-state index contributed by atoms with van der Waals surface area (Å²) in [6.07, 6.45) is -5.00. The molecular formula is C17H16ClF5N2O2. The quantitative estimate of drug-likeness (QED) is 0.589. The van der Waals surface area contributed by atoms with Crippen LogP contribution in [0.5, 0.6) is 0 Å². The van der Waals surface area contributed by atoms with Crippen molar-refractivity contribution in [3.05, 3.63) is 34.4 Å². The van der Waals surface area contributed by atoms with E-state index in [0.717, 1.165) is 12.1 Å². The van der Waals surface area contributed by atoms with Crippen LogP contribution in [-0.4, -0.2) is 24.5 Å². The van der Waals surface area contributed by atoms with Gasteiger partial charge in [0.25, 0.3) is 0 Å². The van der Waals surface area contributed by atoms with Gasteiger partial charge in [0.1, 0.15) is 16.7 Å². The molecule has 2 aliphatic rings. The molecule has 2 N–H and O–H groups in total. The molecule has 0 radical (unpaired) electrons. The molecule has 1 aliphatic carbocycles. The summed E-state index contributed by atoms with van der Waals surface area (Å²) in [5.74, 6) is -5.92. The standard InChI is InChI=1S/C17H16ClF5N2O2/c18-13-11(19)2-1-10(14(13)20)15(7-3-9(4-7)17(21,22)23)25-16(27)8-5-12(26)24-6-8/h1-2,7-9,15H,3-6H2,(H,24,26)(H,25,27)/t7?,8-,9?,15+/m0/s1. The average Bonchev–Trinajstić information content (AvgIpc) is 2.96. The minimum Gasteiger partial charge on any atom is -0.355 e. The van der Waals surface area contributed by atoms with Crippen molar-refractivity contribution in [1.29, 1.82) is 0 Å². The van der Waals surface area contributed by atoms with Crippen LogP contribution in [0.1, 0.15) is 30.9 Å². The Labute approximate surface area is 156 Å². The van der Waals surface area contributed by atoms with E-state index >= 15 is 0 Å². The predicted molar refractivity (Wildman–Crippen MR) is 85.6 cm³/mol. The summed E-state index contributed by atoms with van der Waals surface area (Å²) >= 11 is 5.58. The Morgan fingerprint density at radius 1 is 1.26 bits per heavy atom. The maximum absolute atomic E-state index is 14.4. The number of carbonyl (C=O) groups excluding carboxylic acids is 2. The van der Waals surface area contributed by atoms with Gasteiger partial charge >= 0.3 is 6.18 Å². The monoisotopic (exact) mass is 410 g/mol. The highest BCUT2D eigenvalue weighted by atomic mass is 35.5. The third-order valence-electron chi connectivity index (χ3n) is 5.15. The number of amides is 2. The third kappa shape index (κ3) is 4.02. The lowest BCUT2D eigenvalue weighted by atomic mass is 9.69. The maximum Gasteiger partial charge on any atom is 0.391 e. The number of hydrogen-bond donors (Lipinski definition) is 2. The van der Waals surface area contributed by atoms with Crippen LogP contribution in [-0.2, 0) is 9.59 Å². The molecule has 1 saturated heterocycles. The molecule has 1 aromatic carbocycles. The first-order valence-electron chi connectivity index (χ1n) is 8.35. The fraction of sp³-hybridized carbons (Fsp3) is 0.529. The summed E-state index contributed by atoms with van der Waals surface area (Å²) in [5.41, 5.74) is -0.169. The molecule has 0 bridgehead atoms. The van der Waals surface area contributed by atoms with E-state index in [0.29, 0.717) is 0 Å². The van der Waals surface area contributed by atoms with E-state index in [4.69, 9.17) is 11.6 Å². The molecular weight excluding hydrogens is 395 g/mol. The van der Waals surface area contributed by atoms with Crippen molar-refractivity contribution in [2.45, 2.75) is 31.5 Å². The zero-order valence-electron chi connectivity index (χ0n) is 13.9. The van der Waals surface area contributed by atoms with E-state index in [1.54, 1.807) is 0 Å². The summed E-state index contributed by atoms with van der Waals surface area (Å²) < 4.78 is 66.3. The zero-order valence-corrected chi connectivity index (χ0v) is 14.6. The van der Waals surface area contributed by atoms with Crippen LogP contribution in [0.3, 0.4) is 0 Å². The molecule has 1 aliphatic heterocycles. The number of carbonyl (C=O) groups is 2. The first kappa shape index (κ1) is 19.9. The third-order valence-corrected chi connectivity index (χ3v) is 5.50. The highest BCUT2D eigenvalue weighted by Crippen LogP contribution is 2.50. The summed E-state index contributed by atoms with van der Waals surface area (Å²) in [5, 5.41) is 4.24. The molecule has 1 heterocycles. The first-order valence-corrected chi connectivity index (χ1v) is 8.73. The Hall–Kier alpha value is -1.90. The van der Waals surface area contributed by atoms with Gasteiger partial charge in [0.2, 0.25) is 11.8 Å². The summed E-state index contributed by atoms with van der Waals surface area (Å²) in [6.45, 7) is 0.0971. The average molecular weight is 411 g/mol. The van der Waals surface area contributed by atoms with Gasteiger partial charge in [-0.2, -0.15) is 13.2 Å². The molecule has 2 amide bonds. The largest absolute Gasteiger partial charge is 0.391 e. The molecule has 1 aromatic rings. The SMILES string of the molecule is O=C1C[C@H](C(=O)N[C@@H](c2ccc(F)c(Cl)c2F)C2CC(C(F)(F)F)C2)CN1. The fourth-order valence-corrected chi connectivity index (χ4v) is 3.67. The van der Waals surface area contributed by atoms with Gasteiger partial charge in [-0.25, -0.2) is 8.78 Å². The lowest BCUT2D eigenvalue weighted by Crippen LogP contribution is -2.45. The van der Waals surface area contributed by atoms with E-state index in [2.05, 4.69) is 10.6 Å². The number of hydrogen-bond acceptors (Lipinski definition) is 2. The second-order valence-corrected chi connectivity index (χ2v) is 7.30. The van der Waals surface area contributed by atoms with E-state index in [1.807, 2.05) is 0 Å². The Kier molecular flexibility index (Phi) is 5.33. The second-order valence-electron chi connectivity index (χ2n) is 6.93. The van der Waals surface area contributed by atoms with Gasteiger partial charge in [-0.3, -0.25) is 9.59 Å². The summed E-state index contributed by atoms with van der Waals surface area (Å²) in [6, 6.07) is 0.880. The molecule has 27 heavy (non-hydrogen) atoms. The molecule has 1 saturated carbocycles. The van der Waals surface area contributed by atoms with Crippen LogP contribution < -0.4 is 10.6 Å². The number of nitrogens with one attached hydrogen (secondary N) is 2. The summed E-state index contributed by atoms with van der Waals surface area (Å²) in [7, 11) is 0. The lowest BCUT2D eigenvalue weighted by molar-refractivity contribution is -0.207. The van der Waals surface area contributed by atoms with Crippen molar-refractivity contribution in [2.24, 2.45) is 17.8 Å². The molecule has 10 heteroatoms. The van der Waals surface area contributed by atoms with Crippen molar-refractivity contribution in [3.63, 3.8) is 0 Å². The molecule has 3 rings (SSSR count). The second kappa shape index (κ2) is 7.26. The number of halogens is 6. The Morgan fingerprint density at radius 2 is 1.93 bits per heavy atom. The first-order chi connectivity index (χ1) is 12.6. The number of rotatable bonds is 4. The molecule has 148 valence electrons. The van der Waals surface area contributed by atoms with Crippen LogP contribution in [0, 0.1) is 29.4 Å². The van der Waals surface area contributed by atoms with Gasteiger partial charge in [0, 0.05) is 18.5 Å². The number of benzene rings is 1. The van der Waals surface area contributed by atoms with Crippen molar-refractivity contribution < 1.29 is 31.5 Å². The number of alkyl halides is 3. The molecule has 0 spiro atoms. The Morgan fingerprint density at radius 3 is 2.48 bits per heavy atom. The summed E-state index contributed by atoms with van der Waals surface area (Å²) in [4.78, 5) is 23.7. The molecule has 2 fully saturated rings. The molecule has 4 nitrogen and oxygen atoms in total. The van der Waals surface area contributed by atoms with Gasteiger partial charge in [-0.1, -0.05) is 17.7 Å². The Bertz CT molecular complexity index is 764. The van der Waals surface area contributed by atoms with E-state index in [9.17, 15) is 31.5 Å². The van der Waals surface area contributed by atoms with Gasteiger partial charge < -0.3 is 10.6 Å². The van der Waals surface area contributed by atoms with E-state index < -0.39 is 52.5 Å².